The summed E-state index contributed by atoms with van der Waals surface area (Å²) in [6, 6.07) is 3.88. The summed E-state index contributed by atoms with van der Waals surface area (Å²) in [7, 11) is 1.58. The van der Waals surface area contributed by atoms with Crippen molar-refractivity contribution in [3.8, 4) is 11.5 Å². The van der Waals surface area contributed by atoms with Gasteiger partial charge in [0.05, 0.1) is 18.7 Å². The minimum absolute atomic E-state index is 0.0663. The molecule has 1 aliphatic carbocycles. The van der Waals surface area contributed by atoms with E-state index in [0.717, 1.165) is 25.8 Å². The fourth-order valence-corrected chi connectivity index (χ4v) is 4.50. The van der Waals surface area contributed by atoms with E-state index < -0.39 is 0 Å². The Hall–Kier alpha value is -1.42. The highest BCUT2D eigenvalue weighted by Crippen LogP contribution is 2.39. The van der Waals surface area contributed by atoms with Gasteiger partial charge < -0.3 is 14.4 Å². The Kier molecular flexibility index (Phi) is 6.10. The molecule has 1 aromatic carbocycles. The molecule has 138 valence electrons. The maximum atomic E-state index is 13.1. The van der Waals surface area contributed by atoms with E-state index in [0.29, 0.717) is 40.7 Å². The predicted molar refractivity (Wildman–Crippen MR) is 99.8 cm³/mol. The largest absolute Gasteiger partial charge is 0.493 e. The minimum atomic E-state index is 0.0663. The first-order valence-corrected chi connectivity index (χ1v) is 9.84. The van der Waals surface area contributed by atoms with Crippen LogP contribution in [0.2, 0.25) is 5.02 Å². The molecule has 0 aromatic heterocycles. The summed E-state index contributed by atoms with van der Waals surface area (Å²) < 4.78 is 11.1. The van der Waals surface area contributed by atoms with Crippen LogP contribution < -0.4 is 9.47 Å². The van der Waals surface area contributed by atoms with Gasteiger partial charge in [0.15, 0.2) is 11.5 Å². The zero-order chi connectivity index (χ0) is 17.8. The number of hydrogen-bond acceptors (Lipinski definition) is 3. The number of likely N-dealkylation sites (tertiary alicyclic amines) is 1. The maximum absolute atomic E-state index is 13.1. The molecular formula is C20H28ClNO3. The SMILES string of the molecule is CCCOc1c(Cl)cc(C(=O)N2CCCC2C2CCCC2)cc1OC. The number of methoxy groups -OCH3 is 1. The van der Waals surface area contributed by atoms with E-state index in [2.05, 4.69) is 4.90 Å². The van der Waals surface area contributed by atoms with Gasteiger partial charge in [-0.15, -0.1) is 0 Å². The van der Waals surface area contributed by atoms with Gasteiger partial charge in [0.25, 0.3) is 5.91 Å². The van der Waals surface area contributed by atoms with Crippen LogP contribution in [0.25, 0.3) is 0 Å². The summed E-state index contributed by atoms with van der Waals surface area (Å²) in [5.74, 6) is 1.78. The van der Waals surface area contributed by atoms with Crippen LogP contribution in [0, 0.1) is 5.92 Å². The van der Waals surface area contributed by atoms with Crippen molar-refractivity contribution in [3.05, 3.63) is 22.7 Å². The summed E-state index contributed by atoms with van der Waals surface area (Å²) in [5.41, 5.74) is 0.593. The predicted octanol–water partition coefficient (Wildman–Crippen LogP) is 4.93. The minimum Gasteiger partial charge on any atom is -0.493 e. The highest BCUT2D eigenvalue weighted by atomic mass is 35.5. The van der Waals surface area contributed by atoms with Gasteiger partial charge in [-0.25, -0.2) is 0 Å². The molecular weight excluding hydrogens is 338 g/mol. The standard InChI is InChI=1S/C20H28ClNO3/c1-3-11-25-19-16(21)12-15(13-18(19)24-2)20(23)22-10-6-9-17(22)14-7-4-5-8-14/h12-14,17H,3-11H2,1-2H3. The molecule has 0 N–H and O–H groups in total. The van der Waals surface area contributed by atoms with E-state index in [9.17, 15) is 4.79 Å². The van der Waals surface area contributed by atoms with E-state index in [1.165, 1.54) is 25.7 Å². The Morgan fingerprint density at radius 2 is 2.00 bits per heavy atom. The Bertz CT molecular complexity index is 613. The van der Waals surface area contributed by atoms with Crippen molar-refractivity contribution in [2.45, 2.75) is 57.9 Å². The van der Waals surface area contributed by atoms with Crippen molar-refractivity contribution in [2.75, 3.05) is 20.3 Å². The molecule has 0 spiro atoms. The molecule has 2 aliphatic rings. The molecule has 2 fully saturated rings. The molecule has 1 aliphatic heterocycles. The zero-order valence-electron chi connectivity index (χ0n) is 15.2. The summed E-state index contributed by atoms with van der Waals surface area (Å²) in [6.07, 6.45) is 8.20. The van der Waals surface area contributed by atoms with Gasteiger partial charge in [-0.05, 0) is 50.2 Å². The van der Waals surface area contributed by atoms with E-state index in [1.54, 1.807) is 19.2 Å². The molecule has 0 radical (unpaired) electrons. The molecule has 1 atom stereocenters. The third kappa shape index (κ3) is 3.89. The lowest BCUT2D eigenvalue weighted by Crippen LogP contribution is -2.39. The monoisotopic (exact) mass is 365 g/mol. The molecule has 1 saturated heterocycles. The second-order valence-corrected chi connectivity index (χ2v) is 7.50. The molecule has 5 heteroatoms. The third-order valence-corrected chi connectivity index (χ3v) is 5.71. The van der Waals surface area contributed by atoms with Crippen LogP contribution in [0.3, 0.4) is 0 Å². The van der Waals surface area contributed by atoms with Gasteiger partial charge in [-0.1, -0.05) is 31.4 Å². The van der Waals surface area contributed by atoms with Crippen molar-refractivity contribution in [3.63, 3.8) is 0 Å². The molecule has 4 nitrogen and oxygen atoms in total. The van der Waals surface area contributed by atoms with Crippen LogP contribution >= 0.6 is 11.6 Å². The molecule has 1 amide bonds. The first-order valence-electron chi connectivity index (χ1n) is 9.47. The van der Waals surface area contributed by atoms with Crippen molar-refractivity contribution >= 4 is 17.5 Å². The summed E-state index contributed by atoms with van der Waals surface area (Å²) in [4.78, 5) is 15.2. The zero-order valence-corrected chi connectivity index (χ0v) is 16.0. The normalized spacial score (nSPS) is 20.9. The van der Waals surface area contributed by atoms with Crippen LogP contribution in [-0.4, -0.2) is 37.1 Å². The van der Waals surface area contributed by atoms with Crippen LogP contribution in [0.4, 0.5) is 0 Å². The van der Waals surface area contributed by atoms with Crippen molar-refractivity contribution in [1.82, 2.24) is 4.90 Å². The molecule has 1 heterocycles. The molecule has 0 bridgehead atoms. The highest BCUT2D eigenvalue weighted by Gasteiger charge is 2.36. The second kappa shape index (κ2) is 8.31. The van der Waals surface area contributed by atoms with Crippen LogP contribution in [0.5, 0.6) is 11.5 Å². The number of amides is 1. The van der Waals surface area contributed by atoms with Crippen LogP contribution in [0.15, 0.2) is 12.1 Å². The van der Waals surface area contributed by atoms with Crippen LogP contribution in [0.1, 0.15) is 62.2 Å². The quantitative estimate of drug-likeness (QED) is 0.717. The Morgan fingerprint density at radius 1 is 1.24 bits per heavy atom. The van der Waals surface area contributed by atoms with Crippen LogP contribution in [-0.2, 0) is 0 Å². The number of halogens is 1. The first-order chi connectivity index (χ1) is 12.2. The average molecular weight is 366 g/mol. The van der Waals surface area contributed by atoms with Gasteiger partial charge in [0.1, 0.15) is 0 Å². The lowest BCUT2D eigenvalue weighted by atomic mass is 9.95. The smallest absolute Gasteiger partial charge is 0.254 e. The number of rotatable bonds is 6. The number of hydrogen-bond donors (Lipinski definition) is 0. The molecule has 1 unspecified atom stereocenters. The van der Waals surface area contributed by atoms with Gasteiger partial charge in [-0.2, -0.15) is 0 Å². The Morgan fingerprint density at radius 3 is 2.68 bits per heavy atom. The Labute approximate surface area is 155 Å². The van der Waals surface area contributed by atoms with E-state index in [-0.39, 0.29) is 5.91 Å². The topological polar surface area (TPSA) is 38.8 Å². The molecule has 3 rings (SSSR count). The van der Waals surface area contributed by atoms with Gasteiger partial charge >= 0.3 is 0 Å². The second-order valence-electron chi connectivity index (χ2n) is 7.09. The number of carbonyl (C=O) groups is 1. The van der Waals surface area contributed by atoms with Gasteiger partial charge in [0.2, 0.25) is 0 Å². The highest BCUT2D eigenvalue weighted by molar-refractivity contribution is 6.32. The summed E-state index contributed by atoms with van der Waals surface area (Å²) in [6.45, 7) is 3.45. The molecule has 1 aromatic rings. The first kappa shape index (κ1) is 18.4. The van der Waals surface area contributed by atoms with Gasteiger partial charge in [0, 0.05) is 18.2 Å². The van der Waals surface area contributed by atoms with E-state index in [4.69, 9.17) is 21.1 Å². The summed E-state index contributed by atoms with van der Waals surface area (Å²) in [5, 5.41) is 0.438. The number of carbonyl (C=O) groups excluding carboxylic acids is 1. The molecule has 25 heavy (non-hydrogen) atoms. The fourth-order valence-electron chi connectivity index (χ4n) is 4.23. The fraction of sp³-hybridized carbons (Fsp3) is 0.650. The summed E-state index contributed by atoms with van der Waals surface area (Å²) >= 11 is 6.39. The Balaban J connectivity index is 1.82. The third-order valence-electron chi connectivity index (χ3n) is 5.43. The van der Waals surface area contributed by atoms with Crippen molar-refractivity contribution < 1.29 is 14.3 Å². The lowest BCUT2D eigenvalue weighted by molar-refractivity contribution is 0.0688. The molecule has 1 saturated carbocycles. The number of nitrogens with zero attached hydrogens (tertiary/aromatic N) is 1. The van der Waals surface area contributed by atoms with Crippen molar-refractivity contribution in [1.29, 1.82) is 0 Å². The number of benzene rings is 1. The van der Waals surface area contributed by atoms with E-state index in [1.807, 2.05) is 6.92 Å². The van der Waals surface area contributed by atoms with Gasteiger partial charge in [-0.3, -0.25) is 4.79 Å². The maximum Gasteiger partial charge on any atom is 0.254 e. The lowest BCUT2D eigenvalue weighted by Gasteiger charge is -2.29. The average Bonchev–Trinajstić information content (AvgIpc) is 3.30. The van der Waals surface area contributed by atoms with E-state index >= 15 is 0 Å². The number of ether oxygens (including phenoxy) is 2. The van der Waals surface area contributed by atoms with Crippen molar-refractivity contribution in [2.24, 2.45) is 5.92 Å².